The lowest BCUT2D eigenvalue weighted by Gasteiger charge is -2.50. The molecule has 3 rings (SSSR count). The van der Waals surface area contributed by atoms with Crippen LogP contribution in [0.3, 0.4) is 0 Å². The Morgan fingerprint density at radius 2 is 1.53 bits per heavy atom. The third-order valence-electron chi connectivity index (χ3n) is 4.90. The Morgan fingerprint density at radius 1 is 1.00 bits per heavy atom. The molecule has 2 nitrogen and oxygen atoms in total. The van der Waals surface area contributed by atoms with E-state index in [1.165, 1.54) is 54.5 Å². The molecule has 2 saturated heterocycles. The molecule has 0 amide bonds. The van der Waals surface area contributed by atoms with Crippen LogP contribution in [0.15, 0.2) is 12.1 Å². The number of nitrogens with two attached hydrogens (primary N) is 1. The van der Waals surface area contributed by atoms with Gasteiger partial charge in [0.25, 0.3) is 0 Å². The summed E-state index contributed by atoms with van der Waals surface area (Å²) in [6.07, 6.45) is 6.35. The van der Waals surface area contributed by atoms with E-state index >= 15 is 0 Å². The number of hydrogen-bond acceptors (Lipinski definition) is 2. The first kappa shape index (κ1) is 13.0. The molecular weight excluding hydrogens is 232 g/mol. The number of piperidine rings is 2. The van der Waals surface area contributed by atoms with Crippen molar-refractivity contribution in [3.63, 3.8) is 0 Å². The van der Waals surface area contributed by atoms with Crippen molar-refractivity contribution in [2.45, 2.75) is 71.0 Å². The number of nitrogens with zero attached hydrogens (tertiary/aromatic N) is 1. The Morgan fingerprint density at radius 3 is 2.05 bits per heavy atom. The Kier molecular flexibility index (Phi) is 3.30. The molecule has 2 N–H and O–H groups in total. The molecule has 19 heavy (non-hydrogen) atoms. The van der Waals surface area contributed by atoms with Crippen LogP contribution in [0, 0.1) is 20.8 Å². The van der Waals surface area contributed by atoms with Crippen LogP contribution in [0.4, 0.5) is 5.69 Å². The maximum Gasteiger partial charge on any atom is 0.0430 e. The maximum absolute atomic E-state index is 6.24. The quantitative estimate of drug-likeness (QED) is 0.836. The maximum atomic E-state index is 6.24. The molecule has 2 aliphatic rings. The highest BCUT2D eigenvalue weighted by Crippen LogP contribution is 2.40. The summed E-state index contributed by atoms with van der Waals surface area (Å²) < 4.78 is 0. The van der Waals surface area contributed by atoms with Crippen molar-refractivity contribution >= 4 is 5.69 Å². The second-order valence-corrected chi connectivity index (χ2v) is 6.62. The van der Waals surface area contributed by atoms with E-state index in [0.717, 1.165) is 0 Å². The molecule has 1 aromatic rings. The fraction of sp³-hybridized carbons (Fsp3) is 0.647. The van der Waals surface area contributed by atoms with Gasteiger partial charge in [-0.05, 0) is 64.0 Å². The molecule has 2 bridgehead atoms. The van der Waals surface area contributed by atoms with E-state index in [0.29, 0.717) is 18.1 Å². The average molecular weight is 258 g/mol. The molecule has 2 atom stereocenters. The van der Waals surface area contributed by atoms with Gasteiger partial charge in [0.1, 0.15) is 0 Å². The van der Waals surface area contributed by atoms with Crippen LogP contribution >= 0.6 is 0 Å². The summed E-state index contributed by atoms with van der Waals surface area (Å²) >= 11 is 0. The lowest BCUT2D eigenvalue weighted by atomic mass is 9.81. The molecule has 2 heteroatoms. The van der Waals surface area contributed by atoms with Crippen LogP contribution in [0.5, 0.6) is 0 Å². The van der Waals surface area contributed by atoms with Gasteiger partial charge in [-0.3, -0.25) is 0 Å². The summed E-state index contributed by atoms with van der Waals surface area (Å²) in [6.45, 7) is 6.72. The minimum atomic E-state index is 0.414. The molecule has 0 aliphatic carbocycles. The van der Waals surface area contributed by atoms with Gasteiger partial charge in [-0.25, -0.2) is 0 Å². The van der Waals surface area contributed by atoms with Crippen molar-refractivity contribution in [2.24, 2.45) is 5.73 Å². The third-order valence-corrected chi connectivity index (χ3v) is 4.90. The third kappa shape index (κ3) is 2.27. The Hall–Kier alpha value is -1.02. The van der Waals surface area contributed by atoms with Crippen LogP contribution in [0.25, 0.3) is 0 Å². The Labute approximate surface area is 117 Å². The normalized spacial score (nSPS) is 30.5. The van der Waals surface area contributed by atoms with Gasteiger partial charge >= 0.3 is 0 Å². The molecule has 2 heterocycles. The first-order chi connectivity index (χ1) is 9.06. The fourth-order valence-electron chi connectivity index (χ4n) is 4.37. The zero-order valence-corrected chi connectivity index (χ0v) is 12.4. The second-order valence-electron chi connectivity index (χ2n) is 6.62. The zero-order chi connectivity index (χ0) is 13.6. The summed E-state index contributed by atoms with van der Waals surface area (Å²) in [5.74, 6) is 0. The molecule has 0 spiro atoms. The highest BCUT2D eigenvalue weighted by molar-refractivity contribution is 5.62. The van der Waals surface area contributed by atoms with E-state index in [2.05, 4.69) is 37.8 Å². The van der Waals surface area contributed by atoms with Crippen molar-refractivity contribution in [3.05, 3.63) is 28.8 Å². The fourth-order valence-corrected chi connectivity index (χ4v) is 4.37. The van der Waals surface area contributed by atoms with Crippen molar-refractivity contribution in [1.29, 1.82) is 0 Å². The molecule has 0 aromatic heterocycles. The minimum Gasteiger partial charge on any atom is -0.365 e. The number of aryl methyl sites for hydroxylation is 3. The van der Waals surface area contributed by atoms with Crippen LogP contribution in [-0.2, 0) is 0 Å². The molecule has 2 fully saturated rings. The highest BCUT2D eigenvalue weighted by Gasteiger charge is 2.38. The van der Waals surface area contributed by atoms with Crippen molar-refractivity contribution < 1.29 is 0 Å². The number of rotatable bonds is 1. The predicted molar refractivity (Wildman–Crippen MR) is 81.8 cm³/mol. The van der Waals surface area contributed by atoms with Gasteiger partial charge < -0.3 is 10.6 Å². The number of benzene rings is 1. The predicted octanol–water partition coefficient (Wildman–Crippen LogP) is 3.46. The van der Waals surface area contributed by atoms with Crippen molar-refractivity contribution in [2.75, 3.05) is 4.90 Å². The zero-order valence-electron chi connectivity index (χ0n) is 12.4. The van der Waals surface area contributed by atoms with Crippen molar-refractivity contribution in [3.8, 4) is 0 Å². The molecule has 0 saturated carbocycles. The molecule has 2 unspecified atom stereocenters. The van der Waals surface area contributed by atoms with Crippen LogP contribution in [0.1, 0.15) is 48.8 Å². The minimum absolute atomic E-state index is 0.414. The van der Waals surface area contributed by atoms with E-state index < -0.39 is 0 Å². The lowest BCUT2D eigenvalue weighted by Crippen LogP contribution is -2.56. The van der Waals surface area contributed by atoms with E-state index in [1.54, 1.807) is 0 Å². The van der Waals surface area contributed by atoms with E-state index in [9.17, 15) is 0 Å². The van der Waals surface area contributed by atoms with Gasteiger partial charge in [-0.15, -0.1) is 0 Å². The van der Waals surface area contributed by atoms with Gasteiger partial charge in [0.05, 0.1) is 0 Å². The average Bonchev–Trinajstić information content (AvgIpc) is 2.28. The number of fused-ring (bicyclic) bond motifs is 2. The van der Waals surface area contributed by atoms with Crippen molar-refractivity contribution in [1.82, 2.24) is 0 Å². The standard InChI is InChI=1S/C17H26N2/c1-11-7-12(2)17(13(3)8-11)19-15-5-4-6-16(19)10-14(18)9-15/h7-8,14-16H,4-6,9-10,18H2,1-3H3. The van der Waals surface area contributed by atoms with E-state index in [4.69, 9.17) is 5.73 Å². The first-order valence-electron chi connectivity index (χ1n) is 7.68. The van der Waals surface area contributed by atoms with Gasteiger partial charge in [-0.1, -0.05) is 17.7 Å². The Balaban J connectivity index is 2.02. The van der Waals surface area contributed by atoms with Crippen LogP contribution in [-0.4, -0.2) is 18.1 Å². The molecular formula is C17H26N2. The monoisotopic (exact) mass is 258 g/mol. The molecule has 1 aromatic carbocycles. The molecule has 0 radical (unpaired) electrons. The van der Waals surface area contributed by atoms with Gasteiger partial charge in [0.15, 0.2) is 0 Å². The van der Waals surface area contributed by atoms with Gasteiger partial charge in [0.2, 0.25) is 0 Å². The number of hydrogen-bond donors (Lipinski definition) is 1. The van der Waals surface area contributed by atoms with Crippen LogP contribution < -0.4 is 10.6 Å². The first-order valence-corrected chi connectivity index (χ1v) is 7.68. The summed E-state index contributed by atoms with van der Waals surface area (Å²) in [4.78, 5) is 2.72. The van der Waals surface area contributed by atoms with Gasteiger partial charge in [-0.2, -0.15) is 0 Å². The largest absolute Gasteiger partial charge is 0.365 e. The summed E-state index contributed by atoms with van der Waals surface area (Å²) in [7, 11) is 0. The molecule has 2 aliphatic heterocycles. The van der Waals surface area contributed by atoms with Crippen LogP contribution in [0.2, 0.25) is 0 Å². The summed E-state index contributed by atoms with van der Waals surface area (Å²) in [6, 6.07) is 6.40. The lowest BCUT2D eigenvalue weighted by molar-refractivity contribution is 0.270. The Bertz CT molecular complexity index is 443. The SMILES string of the molecule is Cc1cc(C)c(N2C3CCCC2CC(N)C3)c(C)c1. The summed E-state index contributed by atoms with van der Waals surface area (Å²) in [5.41, 5.74) is 12.0. The summed E-state index contributed by atoms with van der Waals surface area (Å²) in [5, 5.41) is 0. The smallest absolute Gasteiger partial charge is 0.0430 e. The van der Waals surface area contributed by atoms with Gasteiger partial charge in [0, 0.05) is 23.8 Å². The second kappa shape index (κ2) is 4.82. The number of anilines is 1. The molecule has 104 valence electrons. The highest BCUT2D eigenvalue weighted by atomic mass is 15.2. The topological polar surface area (TPSA) is 29.3 Å². The van der Waals surface area contributed by atoms with E-state index in [-0.39, 0.29) is 0 Å². The van der Waals surface area contributed by atoms with E-state index in [1.807, 2.05) is 0 Å².